The molecule has 53 heavy (non-hydrogen) atoms. The maximum absolute atomic E-state index is 13.7. The number of alkyl halides is 9. The van der Waals surface area contributed by atoms with Crippen LogP contribution in [0.5, 0.6) is 11.5 Å². The van der Waals surface area contributed by atoms with Gasteiger partial charge in [-0.25, -0.2) is 0 Å². The summed E-state index contributed by atoms with van der Waals surface area (Å²) in [5.41, 5.74) is -0.333. The third-order valence-electron chi connectivity index (χ3n) is 9.37. The van der Waals surface area contributed by atoms with Crippen molar-refractivity contribution < 1.29 is 58.6 Å². The van der Waals surface area contributed by atoms with Crippen molar-refractivity contribution >= 4 is 56.7 Å². The summed E-state index contributed by atoms with van der Waals surface area (Å²) in [7, 11) is 0. The molecule has 4 nitrogen and oxygen atoms in total. The van der Waals surface area contributed by atoms with Gasteiger partial charge in [0.15, 0.2) is 0 Å². The Kier molecular flexibility index (Phi) is 14.7. The van der Waals surface area contributed by atoms with Gasteiger partial charge in [-0.1, -0.05) is 51.3 Å². The molecule has 0 saturated heterocycles. The molecule has 290 valence electrons. The number of benzene rings is 4. The van der Waals surface area contributed by atoms with Gasteiger partial charge in [-0.2, -0.15) is 39.5 Å². The second-order valence-electron chi connectivity index (χ2n) is 12.8. The second-order valence-corrected chi connectivity index (χ2v) is 13.9. The summed E-state index contributed by atoms with van der Waals surface area (Å²) in [5.74, 6) is -2.40. The van der Waals surface area contributed by atoms with Crippen LogP contribution >= 0.6 is 22.6 Å². The fourth-order valence-electron chi connectivity index (χ4n) is 6.60. The van der Waals surface area contributed by atoms with E-state index in [1.165, 1.54) is 24.3 Å². The number of ether oxygens (including phenoxy) is 2. The molecule has 4 aromatic carbocycles. The summed E-state index contributed by atoms with van der Waals surface area (Å²) >= 11 is 2.16. The summed E-state index contributed by atoms with van der Waals surface area (Å²) < 4.78 is 130. The highest BCUT2D eigenvalue weighted by Crippen LogP contribution is 2.44. The number of fused-ring (bicyclic) bond motifs is 2. The van der Waals surface area contributed by atoms with E-state index in [9.17, 15) is 49.1 Å². The van der Waals surface area contributed by atoms with Gasteiger partial charge >= 0.3 is 18.5 Å². The third kappa shape index (κ3) is 10.8. The normalized spacial score (nSPS) is 20.6. The van der Waals surface area contributed by atoms with Crippen molar-refractivity contribution in [1.29, 1.82) is 0 Å². The first-order valence-corrected chi connectivity index (χ1v) is 17.3. The van der Waals surface area contributed by atoms with Gasteiger partial charge in [-0.05, 0) is 120 Å². The molecule has 2 fully saturated rings. The zero-order valence-electron chi connectivity index (χ0n) is 26.8. The maximum Gasteiger partial charge on any atom is 0.420 e. The number of rotatable bonds is 6. The first-order chi connectivity index (χ1) is 24.0. The predicted molar refractivity (Wildman–Crippen MR) is 195 cm³/mol. The number of aldehydes is 2. The molecule has 4 aromatic rings. The average Bonchev–Trinajstić information content (AvgIpc) is 3.08. The fourth-order valence-corrected chi connectivity index (χ4v) is 7.38. The molecule has 0 unspecified atom stereocenters. The number of hydrogen-bond acceptors (Lipinski definition) is 4. The van der Waals surface area contributed by atoms with E-state index in [1.807, 2.05) is 18.2 Å². The topological polar surface area (TPSA) is 52.6 Å². The molecule has 14 heteroatoms. The molecular weight excluding hydrogens is 830 g/mol. The van der Waals surface area contributed by atoms with Crippen molar-refractivity contribution in [2.75, 3.05) is 0 Å². The van der Waals surface area contributed by atoms with Crippen LogP contribution in [0.2, 0.25) is 0 Å². The van der Waals surface area contributed by atoms with Crippen LogP contribution in [0, 0.1) is 15.4 Å². The molecule has 0 heterocycles. The molecule has 0 aromatic heterocycles. The van der Waals surface area contributed by atoms with Gasteiger partial charge in [0.1, 0.15) is 29.6 Å². The lowest BCUT2D eigenvalue weighted by atomic mass is 9.87. The largest absolute Gasteiger partial charge is 0.490 e. The van der Waals surface area contributed by atoms with Gasteiger partial charge < -0.3 is 9.47 Å². The lowest BCUT2D eigenvalue weighted by molar-refractivity contribution is -0.186. The van der Waals surface area contributed by atoms with E-state index in [1.54, 1.807) is 12.1 Å². The Morgan fingerprint density at radius 3 is 1.34 bits per heavy atom. The number of carbonyl (C=O) groups excluding carboxylic acids is 2. The summed E-state index contributed by atoms with van der Waals surface area (Å²) in [5, 5.41) is 2.04. The Balaban J connectivity index is 0.000000277. The summed E-state index contributed by atoms with van der Waals surface area (Å²) in [6.45, 7) is 0. The van der Waals surface area contributed by atoms with E-state index in [2.05, 4.69) is 22.6 Å². The molecule has 2 aliphatic rings. The van der Waals surface area contributed by atoms with E-state index in [0.29, 0.717) is 35.8 Å². The van der Waals surface area contributed by atoms with E-state index in [4.69, 9.17) is 9.47 Å². The SMILES string of the molecule is C.C.O=Cc1ccc2ccc(OC3CCC(C(F)(F)F)CC3)c(C(F)(F)F)c2c1.O=Cc1ccc2ccc(OC3CCC(C(F)(F)F)CC3)c(I)c2c1. The molecule has 2 saturated carbocycles. The standard InChI is InChI=1S/C19H16F6O2.C18H16F3IO2.2CH4/c20-18(21,22)13-4-6-14(7-5-13)27-16-8-3-12-2-1-11(10-26)9-15(12)17(16)19(23,24)25;19-18(20,21)13-4-6-14(7-5-13)24-16-8-3-12-2-1-11(10-23)9-15(12)17(16)22;;/h1-3,8-10,13-14H,4-7H2;1-3,8-10,13-14H,4-7H2;2*1H4. The monoisotopic (exact) mass is 870 g/mol. The van der Waals surface area contributed by atoms with Crippen LogP contribution in [0.3, 0.4) is 0 Å². The van der Waals surface area contributed by atoms with Crippen molar-refractivity contribution in [2.24, 2.45) is 11.8 Å². The van der Waals surface area contributed by atoms with Crippen molar-refractivity contribution in [1.82, 2.24) is 0 Å². The van der Waals surface area contributed by atoms with Crippen LogP contribution in [0.15, 0.2) is 60.7 Å². The molecule has 0 N–H and O–H groups in total. The second kappa shape index (κ2) is 17.7. The molecule has 0 radical (unpaired) electrons. The smallest absolute Gasteiger partial charge is 0.420 e. The van der Waals surface area contributed by atoms with Gasteiger partial charge in [-0.3, -0.25) is 9.59 Å². The molecule has 0 bridgehead atoms. The summed E-state index contributed by atoms with van der Waals surface area (Å²) in [4.78, 5) is 21.9. The Hall–Kier alpha value is -3.56. The highest BCUT2D eigenvalue weighted by atomic mass is 127. The molecule has 0 amide bonds. The van der Waals surface area contributed by atoms with Crippen molar-refractivity contribution in [3.63, 3.8) is 0 Å². The minimum absolute atomic E-state index is 0. The maximum atomic E-state index is 13.7. The fraction of sp³-hybridized carbons (Fsp3) is 0.436. The van der Waals surface area contributed by atoms with Crippen LogP contribution in [0.1, 0.15) is 92.5 Å². The quantitative estimate of drug-likeness (QED) is 0.110. The zero-order chi connectivity index (χ0) is 37.1. The summed E-state index contributed by atoms with van der Waals surface area (Å²) in [6, 6.07) is 15.8. The minimum Gasteiger partial charge on any atom is -0.490 e. The van der Waals surface area contributed by atoms with Crippen LogP contribution in [0.25, 0.3) is 21.5 Å². The van der Waals surface area contributed by atoms with Crippen molar-refractivity contribution in [2.45, 2.75) is 97.0 Å². The molecular formula is C39H40F9IO4. The Morgan fingerprint density at radius 1 is 0.547 bits per heavy atom. The highest BCUT2D eigenvalue weighted by Gasteiger charge is 2.43. The number of hydrogen-bond donors (Lipinski definition) is 0. The molecule has 0 spiro atoms. The Bertz CT molecular complexity index is 1850. The van der Waals surface area contributed by atoms with Gasteiger partial charge in [-0.15, -0.1) is 0 Å². The van der Waals surface area contributed by atoms with Gasteiger partial charge in [0.25, 0.3) is 0 Å². The zero-order valence-corrected chi connectivity index (χ0v) is 29.0. The molecule has 6 rings (SSSR count). The lowest BCUT2D eigenvalue weighted by Gasteiger charge is -2.31. The summed E-state index contributed by atoms with van der Waals surface area (Å²) in [6.07, 6.45) is -12.0. The first-order valence-electron chi connectivity index (χ1n) is 16.2. The molecule has 2 aliphatic carbocycles. The number of halogens is 10. The van der Waals surface area contributed by atoms with Crippen LogP contribution < -0.4 is 9.47 Å². The Labute approximate surface area is 315 Å². The Morgan fingerprint density at radius 2 is 0.925 bits per heavy atom. The predicted octanol–water partition coefficient (Wildman–Crippen LogP) is 13.2. The first kappa shape index (κ1) is 43.8. The number of carbonyl (C=O) groups is 2. The lowest BCUT2D eigenvalue weighted by Crippen LogP contribution is -2.32. The van der Waals surface area contributed by atoms with E-state index < -0.39 is 47.8 Å². The van der Waals surface area contributed by atoms with Crippen LogP contribution in [-0.4, -0.2) is 37.1 Å². The van der Waals surface area contributed by atoms with Crippen molar-refractivity contribution in [3.8, 4) is 11.5 Å². The molecule has 0 aliphatic heterocycles. The highest BCUT2D eigenvalue weighted by molar-refractivity contribution is 14.1. The van der Waals surface area contributed by atoms with Gasteiger partial charge in [0.2, 0.25) is 0 Å². The van der Waals surface area contributed by atoms with Gasteiger partial charge in [0, 0.05) is 11.1 Å². The van der Waals surface area contributed by atoms with E-state index in [0.717, 1.165) is 26.7 Å². The molecule has 0 atom stereocenters. The van der Waals surface area contributed by atoms with Crippen LogP contribution in [-0.2, 0) is 6.18 Å². The van der Waals surface area contributed by atoms with Crippen molar-refractivity contribution in [3.05, 3.63) is 80.9 Å². The van der Waals surface area contributed by atoms with E-state index in [-0.39, 0.29) is 70.4 Å². The average molecular weight is 871 g/mol. The third-order valence-corrected chi connectivity index (χ3v) is 10.5. The van der Waals surface area contributed by atoms with E-state index >= 15 is 0 Å². The van der Waals surface area contributed by atoms with Crippen LogP contribution in [0.4, 0.5) is 39.5 Å². The minimum atomic E-state index is -4.74. The van der Waals surface area contributed by atoms with Gasteiger partial charge in [0.05, 0.1) is 27.6 Å².